The summed E-state index contributed by atoms with van der Waals surface area (Å²) < 4.78 is 5.08. The molecule has 1 atom stereocenters. The van der Waals surface area contributed by atoms with Crippen molar-refractivity contribution in [2.45, 2.75) is 39.8 Å². The van der Waals surface area contributed by atoms with Gasteiger partial charge in [0, 0.05) is 18.5 Å². The smallest absolute Gasteiger partial charge is 0.245 e. The van der Waals surface area contributed by atoms with E-state index >= 15 is 0 Å². The third-order valence-electron chi connectivity index (χ3n) is 3.20. The molecule has 1 aromatic rings. The molecule has 1 aliphatic rings. The summed E-state index contributed by atoms with van der Waals surface area (Å²) in [4.78, 5) is 25.2. The van der Waals surface area contributed by atoms with Gasteiger partial charge in [0.25, 0.3) is 0 Å². The third-order valence-corrected chi connectivity index (χ3v) is 3.20. The summed E-state index contributed by atoms with van der Waals surface area (Å²) in [6.07, 6.45) is 0.333. The van der Waals surface area contributed by atoms with E-state index in [4.69, 9.17) is 4.52 Å². The van der Waals surface area contributed by atoms with Gasteiger partial charge in [0.2, 0.25) is 11.8 Å². The highest BCUT2D eigenvalue weighted by atomic mass is 16.5. The van der Waals surface area contributed by atoms with Gasteiger partial charge in [-0.25, -0.2) is 0 Å². The second-order valence-corrected chi connectivity index (χ2v) is 4.60. The molecule has 1 aromatic heterocycles. The first-order chi connectivity index (χ1) is 8.49. The average Bonchev–Trinajstić information content (AvgIpc) is 2.57. The van der Waals surface area contributed by atoms with Crippen LogP contribution in [0.1, 0.15) is 30.4 Å². The Morgan fingerprint density at radius 3 is 2.78 bits per heavy atom. The van der Waals surface area contributed by atoms with Crippen LogP contribution in [0.25, 0.3) is 0 Å². The molecule has 0 saturated carbocycles. The van der Waals surface area contributed by atoms with E-state index in [9.17, 15) is 9.59 Å². The highest BCUT2D eigenvalue weighted by molar-refractivity contribution is 5.89. The largest absolute Gasteiger partial charge is 0.361 e. The number of nitrogens with zero attached hydrogens (tertiary/aromatic N) is 2. The lowest BCUT2D eigenvalue weighted by Crippen LogP contribution is -2.42. The Hall–Kier alpha value is -1.85. The van der Waals surface area contributed by atoms with Crippen molar-refractivity contribution >= 4 is 11.8 Å². The molecule has 6 nitrogen and oxygen atoms in total. The van der Waals surface area contributed by atoms with Gasteiger partial charge >= 0.3 is 0 Å². The van der Waals surface area contributed by atoms with Gasteiger partial charge < -0.3 is 14.7 Å². The van der Waals surface area contributed by atoms with Crippen LogP contribution < -0.4 is 5.32 Å². The van der Waals surface area contributed by atoms with Gasteiger partial charge in [-0.3, -0.25) is 9.59 Å². The van der Waals surface area contributed by atoms with Crippen LogP contribution in [-0.4, -0.2) is 34.5 Å². The molecule has 0 aromatic carbocycles. The minimum Gasteiger partial charge on any atom is -0.361 e. The van der Waals surface area contributed by atoms with Crippen molar-refractivity contribution in [3.8, 4) is 0 Å². The molecule has 1 fully saturated rings. The highest BCUT2D eigenvalue weighted by Crippen LogP contribution is 2.16. The monoisotopic (exact) mass is 251 g/mol. The quantitative estimate of drug-likeness (QED) is 0.831. The maximum absolute atomic E-state index is 12.1. The van der Waals surface area contributed by atoms with E-state index in [0.29, 0.717) is 19.5 Å². The molecule has 1 saturated heterocycles. The van der Waals surface area contributed by atoms with E-state index in [1.807, 2.05) is 13.8 Å². The summed E-state index contributed by atoms with van der Waals surface area (Å²) in [6.45, 7) is 6.25. The van der Waals surface area contributed by atoms with Gasteiger partial charge in [-0.2, -0.15) is 0 Å². The molecule has 98 valence electrons. The Kier molecular flexibility index (Phi) is 3.36. The first-order valence-electron chi connectivity index (χ1n) is 5.99. The van der Waals surface area contributed by atoms with Gasteiger partial charge in [0.15, 0.2) is 0 Å². The molecular weight excluding hydrogens is 234 g/mol. The van der Waals surface area contributed by atoms with Crippen LogP contribution in [0, 0.1) is 13.8 Å². The predicted octanol–water partition coefficient (Wildman–Crippen LogP) is 0.528. The average molecular weight is 251 g/mol. The van der Waals surface area contributed by atoms with Crippen LogP contribution in [-0.2, 0) is 16.1 Å². The number of nitrogens with one attached hydrogen (secondary N) is 1. The molecule has 0 radical (unpaired) electrons. The molecule has 6 heteroatoms. The van der Waals surface area contributed by atoms with Crippen molar-refractivity contribution < 1.29 is 14.1 Å². The second-order valence-electron chi connectivity index (χ2n) is 4.60. The molecule has 0 spiro atoms. The van der Waals surface area contributed by atoms with Gasteiger partial charge in [-0.15, -0.1) is 0 Å². The topological polar surface area (TPSA) is 75.4 Å². The molecule has 1 N–H and O–H groups in total. The molecule has 2 heterocycles. The number of amides is 2. The Morgan fingerprint density at radius 1 is 1.44 bits per heavy atom. The van der Waals surface area contributed by atoms with E-state index < -0.39 is 6.04 Å². The molecule has 2 amide bonds. The summed E-state index contributed by atoms with van der Waals surface area (Å²) >= 11 is 0. The fraction of sp³-hybridized carbons (Fsp3) is 0.583. The number of carbonyl (C=O) groups excluding carboxylic acids is 2. The SMILES string of the molecule is Cc1noc(C)c1CN1CCC(=O)NC(C)C1=O. The summed E-state index contributed by atoms with van der Waals surface area (Å²) in [5.41, 5.74) is 1.71. The second kappa shape index (κ2) is 4.80. The van der Waals surface area contributed by atoms with Crippen LogP contribution in [0.3, 0.4) is 0 Å². The van der Waals surface area contributed by atoms with Gasteiger partial charge in [0.05, 0.1) is 12.2 Å². The minimum atomic E-state index is -0.472. The summed E-state index contributed by atoms with van der Waals surface area (Å²) in [5, 5.41) is 6.53. The standard InChI is InChI=1S/C12H17N3O3/c1-7-10(9(3)18-14-7)6-15-5-4-11(16)13-8(2)12(15)17/h8H,4-6H2,1-3H3,(H,13,16). The first kappa shape index (κ1) is 12.6. The fourth-order valence-electron chi connectivity index (χ4n) is 2.07. The minimum absolute atomic E-state index is 0.0687. The molecule has 0 aliphatic carbocycles. The molecule has 2 rings (SSSR count). The van der Waals surface area contributed by atoms with Gasteiger partial charge in [0.1, 0.15) is 11.8 Å². The zero-order chi connectivity index (χ0) is 13.3. The lowest BCUT2D eigenvalue weighted by molar-refractivity contribution is -0.133. The Labute approximate surface area is 105 Å². The lowest BCUT2D eigenvalue weighted by atomic mass is 10.2. The Bertz CT molecular complexity index is 461. The number of carbonyl (C=O) groups is 2. The zero-order valence-corrected chi connectivity index (χ0v) is 10.8. The maximum atomic E-state index is 12.1. The summed E-state index contributed by atoms with van der Waals surface area (Å²) in [5.74, 6) is 0.564. The van der Waals surface area contributed by atoms with Crippen molar-refractivity contribution in [3.63, 3.8) is 0 Å². The van der Waals surface area contributed by atoms with E-state index in [0.717, 1.165) is 17.0 Å². The van der Waals surface area contributed by atoms with Crippen molar-refractivity contribution in [1.82, 2.24) is 15.4 Å². The van der Waals surface area contributed by atoms with Crippen LogP contribution in [0.5, 0.6) is 0 Å². The number of aryl methyl sites for hydroxylation is 2. The van der Waals surface area contributed by atoms with Gasteiger partial charge in [-0.1, -0.05) is 5.16 Å². The molecule has 0 bridgehead atoms. The zero-order valence-electron chi connectivity index (χ0n) is 10.8. The molecule has 1 unspecified atom stereocenters. The number of rotatable bonds is 2. The lowest BCUT2D eigenvalue weighted by Gasteiger charge is -2.22. The van der Waals surface area contributed by atoms with Crippen LogP contribution in [0.4, 0.5) is 0 Å². The highest BCUT2D eigenvalue weighted by Gasteiger charge is 2.27. The van der Waals surface area contributed by atoms with Crippen molar-refractivity contribution in [2.24, 2.45) is 0 Å². The van der Waals surface area contributed by atoms with E-state index in [2.05, 4.69) is 10.5 Å². The summed E-state index contributed by atoms with van der Waals surface area (Å²) in [6, 6.07) is -0.472. The fourth-order valence-corrected chi connectivity index (χ4v) is 2.07. The maximum Gasteiger partial charge on any atom is 0.245 e. The summed E-state index contributed by atoms with van der Waals surface area (Å²) in [7, 11) is 0. The molecule has 18 heavy (non-hydrogen) atoms. The van der Waals surface area contributed by atoms with E-state index in [-0.39, 0.29) is 11.8 Å². The number of hydrogen-bond donors (Lipinski definition) is 1. The molecule has 1 aliphatic heterocycles. The van der Waals surface area contributed by atoms with Crippen molar-refractivity contribution in [3.05, 3.63) is 17.0 Å². The van der Waals surface area contributed by atoms with Crippen LogP contribution in [0.15, 0.2) is 4.52 Å². The van der Waals surface area contributed by atoms with Crippen LogP contribution in [0.2, 0.25) is 0 Å². The third kappa shape index (κ3) is 2.37. The van der Waals surface area contributed by atoms with E-state index in [1.54, 1.807) is 11.8 Å². The van der Waals surface area contributed by atoms with Crippen molar-refractivity contribution in [2.75, 3.05) is 6.54 Å². The van der Waals surface area contributed by atoms with Gasteiger partial charge in [-0.05, 0) is 20.8 Å². The Morgan fingerprint density at radius 2 is 2.17 bits per heavy atom. The van der Waals surface area contributed by atoms with Crippen molar-refractivity contribution in [1.29, 1.82) is 0 Å². The first-order valence-corrected chi connectivity index (χ1v) is 5.99. The van der Waals surface area contributed by atoms with Crippen LogP contribution >= 0.6 is 0 Å². The molecular formula is C12H17N3O3. The predicted molar refractivity (Wildman–Crippen MR) is 63.6 cm³/mol. The number of hydrogen-bond acceptors (Lipinski definition) is 4. The number of aromatic nitrogens is 1. The normalized spacial score (nSPS) is 20.8. The Balaban J connectivity index is 2.17. The van der Waals surface area contributed by atoms with E-state index in [1.165, 1.54) is 0 Å².